The smallest absolute Gasteiger partial charge is 0.244 e. The van der Waals surface area contributed by atoms with Gasteiger partial charge in [-0.05, 0) is 6.92 Å². The third-order valence-corrected chi connectivity index (χ3v) is 3.06. The van der Waals surface area contributed by atoms with Crippen molar-refractivity contribution in [3.8, 4) is 0 Å². The van der Waals surface area contributed by atoms with Crippen LogP contribution in [0.25, 0.3) is 0 Å². The Morgan fingerprint density at radius 3 is 2.43 bits per heavy atom. The SMILES string of the molecule is CC(=O)N[C@@H](C)C(=O)N1CCSCC1. The lowest BCUT2D eigenvalue weighted by atomic mass is 10.3. The fourth-order valence-corrected chi connectivity index (χ4v) is 2.33. The van der Waals surface area contributed by atoms with Crippen molar-refractivity contribution in [2.75, 3.05) is 24.6 Å². The van der Waals surface area contributed by atoms with E-state index in [4.69, 9.17) is 0 Å². The number of hydrogen-bond donors (Lipinski definition) is 1. The zero-order valence-corrected chi connectivity index (χ0v) is 9.39. The lowest BCUT2D eigenvalue weighted by Gasteiger charge is -2.29. The van der Waals surface area contributed by atoms with Crippen molar-refractivity contribution in [1.82, 2.24) is 10.2 Å². The van der Waals surface area contributed by atoms with Gasteiger partial charge in [-0.3, -0.25) is 9.59 Å². The molecule has 80 valence electrons. The highest BCUT2D eigenvalue weighted by Crippen LogP contribution is 2.10. The van der Waals surface area contributed by atoms with E-state index in [2.05, 4.69) is 5.32 Å². The fourth-order valence-electron chi connectivity index (χ4n) is 1.42. The number of amides is 2. The standard InChI is InChI=1S/C9H16N2O2S/c1-7(10-8(2)12)9(13)11-3-5-14-6-4-11/h7H,3-6H2,1-2H3,(H,10,12)/t7-/m0/s1. The average Bonchev–Trinajstić information content (AvgIpc) is 2.17. The molecule has 5 heteroatoms. The van der Waals surface area contributed by atoms with E-state index in [1.807, 2.05) is 16.7 Å². The number of hydrogen-bond acceptors (Lipinski definition) is 3. The first-order chi connectivity index (χ1) is 6.61. The van der Waals surface area contributed by atoms with Gasteiger partial charge in [0.25, 0.3) is 0 Å². The summed E-state index contributed by atoms with van der Waals surface area (Å²) in [6.45, 7) is 4.75. The van der Waals surface area contributed by atoms with Gasteiger partial charge >= 0.3 is 0 Å². The minimum absolute atomic E-state index is 0.0282. The molecule has 1 saturated heterocycles. The van der Waals surface area contributed by atoms with E-state index in [-0.39, 0.29) is 11.8 Å². The van der Waals surface area contributed by atoms with Gasteiger partial charge in [-0.1, -0.05) is 0 Å². The van der Waals surface area contributed by atoms with Crippen LogP contribution in [0, 0.1) is 0 Å². The Labute approximate surface area is 88.4 Å². The second-order valence-electron chi connectivity index (χ2n) is 3.36. The van der Waals surface area contributed by atoms with Crippen molar-refractivity contribution in [3.63, 3.8) is 0 Å². The predicted molar refractivity (Wildman–Crippen MR) is 57.2 cm³/mol. The van der Waals surface area contributed by atoms with Crippen LogP contribution in [0.4, 0.5) is 0 Å². The third kappa shape index (κ3) is 3.21. The Hall–Kier alpha value is -0.710. The van der Waals surface area contributed by atoms with E-state index in [1.54, 1.807) is 6.92 Å². The number of nitrogens with one attached hydrogen (secondary N) is 1. The largest absolute Gasteiger partial charge is 0.345 e. The second-order valence-corrected chi connectivity index (χ2v) is 4.58. The molecule has 0 aromatic rings. The van der Waals surface area contributed by atoms with Gasteiger partial charge in [0.2, 0.25) is 11.8 Å². The first-order valence-electron chi connectivity index (χ1n) is 4.75. The van der Waals surface area contributed by atoms with Gasteiger partial charge in [-0.25, -0.2) is 0 Å². The lowest BCUT2D eigenvalue weighted by molar-refractivity contribution is -0.135. The Morgan fingerprint density at radius 1 is 1.36 bits per heavy atom. The maximum absolute atomic E-state index is 11.7. The molecule has 0 spiro atoms. The fraction of sp³-hybridized carbons (Fsp3) is 0.778. The molecule has 0 radical (unpaired) electrons. The summed E-state index contributed by atoms with van der Waals surface area (Å²) in [7, 11) is 0. The summed E-state index contributed by atoms with van der Waals surface area (Å²) in [6.07, 6.45) is 0. The quantitative estimate of drug-likeness (QED) is 0.711. The minimum Gasteiger partial charge on any atom is -0.345 e. The highest BCUT2D eigenvalue weighted by atomic mass is 32.2. The molecular weight excluding hydrogens is 200 g/mol. The maximum Gasteiger partial charge on any atom is 0.244 e. The van der Waals surface area contributed by atoms with Crippen molar-refractivity contribution in [2.24, 2.45) is 0 Å². The second kappa shape index (κ2) is 5.24. The molecule has 2 amide bonds. The van der Waals surface area contributed by atoms with Crippen LogP contribution in [0.1, 0.15) is 13.8 Å². The summed E-state index contributed by atoms with van der Waals surface area (Å²) in [5.74, 6) is 1.87. The van der Waals surface area contributed by atoms with Crippen molar-refractivity contribution in [2.45, 2.75) is 19.9 Å². The molecule has 0 aromatic heterocycles. The lowest BCUT2D eigenvalue weighted by Crippen LogP contribution is -2.48. The number of rotatable bonds is 2. The zero-order valence-electron chi connectivity index (χ0n) is 8.58. The molecule has 4 nitrogen and oxygen atoms in total. The van der Waals surface area contributed by atoms with E-state index >= 15 is 0 Å². The van der Waals surface area contributed by atoms with Crippen molar-refractivity contribution in [3.05, 3.63) is 0 Å². The monoisotopic (exact) mass is 216 g/mol. The molecule has 0 saturated carbocycles. The van der Waals surface area contributed by atoms with Gasteiger partial charge in [0.05, 0.1) is 0 Å². The van der Waals surface area contributed by atoms with Crippen LogP contribution < -0.4 is 5.32 Å². The molecule has 1 rings (SSSR count). The Morgan fingerprint density at radius 2 is 1.93 bits per heavy atom. The minimum atomic E-state index is -0.393. The topological polar surface area (TPSA) is 49.4 Å². The van der Waals surface area contributed by atoms with Gasteiger partial charge in [0.15, 0.2) is 0 Å². The molecule has 1 fully saturated rings. The number of carbonyl (C=O) groups excluding carboxylic acids is 2. The normalized spacial score (nSPS) is 18.9. The Bertz CT molecular complexity index is 227. The van der Waals surface area contributed by atoms with E-state index in [0.717, 1.165) is 24.6 Å². The summed E-state index contributed by atoms with van der Waals surface area (Å²) >= 11 is 1.86. The Kier molecular flexibility index (Phi) is 4.25. The molecule has 1 aliphatic heterocycles. The van der Waals surface area contributed by atoms with E-state index in [1.165, 1.54) is 6.92 Å². The van der Waals surface area contributed by atoms with Gasteiger partial charge in [0, 0.05) is 31.5 Å². The number of carbonyl (C=O) groups is 2. The molecule has 1 atom stereocenters. The highest BCUT2D eigenvalue weighted by molar-refractivity contribution is 7.99. The first-order valence-corrected chi connectivity index (χ1v) is 5.90. The van der Waals surface area contributed by atoms with Gasteiger partial charge in [-0.15, -0.1) is 0 Å². The molecule has 1 heterocycles. The van der Waals surface area contributed by atoms with Crippen molar-refractivity contribution in [1.29, 1.82) is 0 Å². The van der Waals surface area contributed by atoms with Crippen LogP contribution in [0.15, 0.2) is 0 Å². The highest BCUT2D eigenvalue weighted by Gasteiger charge is 2.22. The molecule has 0 bridgehead atoms. The summed E-state index contributed by atoms with van der Waals surface area (Å²) in [4.78, 5) is 24.3. The average molecular weight is 216 g/mol. The van der Waals surface area contributed by atoms with Crippen molar-refractivity contribution < 1.29 is 9.59 Å². The number of nitrogens with zero attached hydrogens (tertiary/aromatic N) is 1. The molecule has 0 aliphatic carbocycles. The summed E-state index contributed by atoms with van der Waals surface area (Å²) < 4.78 is 0. The third-order valence-electron chi connectivity index (χ3n) is 2.11. The molecule has 0 aromatic carbocycles. The summed E-state index contributed by atoms with van der Waals surface area (Å²) in [6, 6.07) is -0.393. The van der Waals surface area contributed by atoms with Crippen LogP contribution in [-0.4, -0.2) is 47.4 Å². The molecule has 1 N–H and O–H groups in total. The van der Waals surface area contributed by atoms with E-state index in [0.29, 0.717) is 0 Å². The van der Waals surface area contributed by atoms with Crippen LogP contribution >= 0.6 is 11.8 Å². The van der Waals surface area contributed by atoms with E-state index < -0.39 is 6.04 Å². The van der Waals surface area contributed by atoms with Crippen LogP contribution in [0.2, 0.25) is 0 Å². The maximum atomic E-state index is 11.7. The predicted octanol–water partition coefficient (Wildman–Crippen LogP) is 0.0864. The molecule has 1 aliphatic rings. The molecule has 14 heavy (non-hydrogen) atoms. The Balaban J connectivity index is 2.42. The van der Waals surface area contributed by atoms with Gasteiger partial charge < -0.3 is 10.2 Å². The van der Waals surface area contributed by atoms with Gasteiger partial charge in [0.1, 0.15) is 6.04 Å². The van der Waals surface area contributed by atoms with Crippen LogP contribution in [0.5, 0.6) is 0 Å². The first kappa shape index (κ1) is 11.4. The van der Waals surface area contributed by atoms with Crippen molar-refractivity contribution >= 4 is 23.6 Å². The van der Waals surface area contributed by atoms with Gasteiger partial charge in [-0.2, -0.15) is 11.8 Å². The number of thioether (sulfide) groups is 1. The van der Waals surface area contributed by atoms with E-state index in [9.17, 15) is 9.59 Å². The molecule has 0 unspecified atom stereocenters. The van der Waals surface area contributed by atoms with Crippen LogP contribution in [-0.2, 0) is 9.59 Å². The molecular formula is C9H16N2O2S. The van der Waals surface area contributed by atoms with Crippen LogP contribution in [0.3, 0.4) is 0 Å². The summed E-state index contributed by atoms with van der Waals surface area (Å²) in [5, 5.41) is 2.60. The summed E-state index contributed by atoms with van der Waals surface area (Å²) in [5.41, 5.74) is 0. The zero-order chi connectivity index (χ0) is 10.6.